The van der Waals surface area contributed by atoms with E-state index in [2.05, 4.69) is 10.3 Å². The molecule has 0 amide bonds. The van der Waals surface area contributed by atoms with E-state index in [0.29, 0.717) is 28.7 Å². The summed E-state index contributed by atoms with van der Waals surface area (Å²) in [4.78, 5) is 17.8. The van der Waals surface area contributed by atoms with Gasteiger partial charge in [-0.2, -0.15) is 0 Å². The highest BCUT2D eigenvalue weighted by Gasteiger charge is 2.30. The molecule has 2 aromatic heterocycles. The highest BCUT2D eigenvalue weighted by atomic mass is 32.1. The van der Waals surface area contributed by atoms with E-state index in [4.69, 9.17) is 4.42 Å². The number of aromatic hydroxyl groups is 1. The molecular formula is C19H21N2O3S+. The third kappa shape index (κ3) is 2.75. The van der Waals surface area contributed by atoms with Gasteiger partial charge in [-0.05, 0) is 25.0 Å². The minimum Gasteiger partial charge on any atom is -0.508 e. The van der Waals surface area contributed by atoms with Gasteiger partial charge in [-0.25, -0.2) is 4.98 Å². The van der Waals surface area contributed by atoms with Gasteiger partial charge in [-0.1, -0.05) is 6.92 Å². The zero-order valence-electron chi connectivity index (χ0n) is 14.3. The van der Waals surface area contributed by atoms with Gasteiger partial charge in [-0.3, -0.25) is 4.79 Å². The standard InChI is InChI=1S/C19H20N2O3S/c1-3-11-7-12-15(8-14(11)22)24-18(13-5-4-6-20-13)16(17(12)23)19-21-10(2)9-25-19/h7-9,13,20,22H,3-6H2,1-2H3/p+1/t13-/m1/s1. The molecule has 0 bridgehead atoms. The lowest BCUT2D eigenvalue weighted by molar-refractivity contribution is -0.678. The van der Waals surface area contributed by atoms with E-state index in [9.17, 15) is 9.90 Å². The number of hydrogen-bond acceptors (Lipinski definition) is 5. The topological polar surface area (TPSA) is 79.9 Å². The Morgan fingerprint density at radius 1 is 1.44 bits per heavy atom. The number of nitrogens with zero attached hydrogens (tertiary/aromatic N) is 1. The van der Waals surface area contributed by atoms with Crippen LogP contribution in [0.2, 0.25) is 0 Å². The summed E-state index contributed by atoms with van der Waals surface area (Å²) in [6.07, 6.45) is 2.73. The van der Waals surface area contributed by atoms with Gasteiger partial charge in [0.15, 0.2) is 5.76 Å². The van der Waals surface area contributed by atoms with E-state index in [-0.39, 0.29) is 17.2 Å². The van der Waals surface area contributed by atoms with Crippen LogP contribution in [0.4, 0.5) is 0 Å². The summed E-state index contributed by atoms with van der Waals surface area (Å²) >= 11 is 1.48. The number of rotatable bonds is 3. The third-order valence-electron chi connectivity index (χ3n) is 4.84. The second kappa shape index (κ2) is 6.28. The minimum absolute atomic E-state index is 0.0550. The van der Waals surface area contributed by atoms with E-state index in [1.54, 1.807) is 12.1 Å². The number of thiazole rings is 1. The third-order valence-corrected chi connectivity index (χ3v) is 5.82. The number of phenolic OH excluding ortho intramolecular Hbond substituents is 1. The average Bonchev–Trinajstić information content (AvgIpc) is 3.26. The Morgan fingerprint density at radius 2 is 2.28 bits per heavy atom. The molecule has 25 heavy (non-hydrogen) atoms. The monoisotopic (exact) mass is 357 g/mol. The maximum Gasteiger partial charge on any atom is 0.203 e. The molecule has 0 spiro atoms. The van der Waals surface area contributed by atoms with Crippen molar-refractivity contribution in [2.45, 2.75) is 39.2 Å². The lowest BCUT2D eigenvalue weighted by Gasteiger charge is -2.13. The second-order valence-corrected chi connectivity index (χ2v) is 7.43. The summed E-state index contributed by atoms with van der Waals surface area (Å²) in [7, 11) is 0. The number of aromatic nitrogens is 1. The number of aryl methyl sites for hydroxylation is 2. The zero-order chi connectivity index (χ0) is 17.6. The number of nitrogens with two attached hydrogens (primary N) is 1. The Hall–Kier alpha value is -2.18. The molecule has 0 saturated carbocycles. The van der Waals surface area contributed by atoms with Crippen LogP contribution in [0.5, 0.6) is 5.75 Å². The minimum atomic E-state index is -0.0550. The molecule has 5 nitrogen and oxygen atoms in total. The fourth-order valence-corrected chi connectivity index (χ4v) is 4.36. The van der Waals surface area contributed by atoms with Crippen LogP contribution in [0.3, 0.4) is 0 Å². The normalized spacial score (nSPS) is 17.4. The Balaban J connectivity index is 2.04. The number of benzene rings is 1. The van der Waals surface area contributed by atoms with Crippen LogP contribution in [0.15, 0.2) is 26.7 Å². The SMILES string of the molecule is CCc1cc2c(=O)c(-c3nc(C)cs3)c([C@H]3CCC[NH2+]3)oc2cc1O. The van der Waals surface area contributed by atoms with Crippen molar-refractivity contribution in [1.29, 1.82) is 0 Å². The molecule has 1 aliphatic heterocycles. The molecule has 0 radical (unpaired) electrons. The van der Waals surface area contributed by atoms with E-state index in [1.165, 1.54) is 11.3 Å². The fraction of sp³-hybridized carbons (Fsp3) is 0.368. The van der Waals surface area contributed by atoms with Crippen LogP contribution < -0.4 is 10.7 Å². The predicted octanol–water partition coefficient (Wildman–Crippen LogP) is 2.89. The Morgan fingerprint density at radius 3 is 2.92 bits per heavy atom. The molecule has 3 aromatic rings. The first-order valence-electron chi connectivity index (χ1n) is 8.67. The summed E-state index contributed by atoms with van der Waals surface area (Å²) < 4.78 is 6.18. The van der Waals surface area contributed by atoms with Gasteiger partial charge in [0.1, 0.15) is 27.9 Å². The van der Waals surface area contributed by atoms with Gasteiger partial charge in [0.05, 0.1) is 11.9 Å². The Bertz CT molecular complexity index is 1000. The molecule has 1 saturated heterocycles. The molecule has 1 fully saturated rings. The molecule has 1 aromatic carbocycles. The first-order valence-corrected chi connectivity index (χ1v) is 9.55. The van der Waals surface area contributed by atoms with Gasteiger partial charge < -0.3 is 14.8 Å². The molecule has 4 rings (SSSR count). The quantitative estimate of drug-likeness (QED) is 0.755. The van der Waals surface area contributed by atoms with Gasteiger partial charge in [0, 0.05) is 30.0 Å². The van der Waals surface area contributed by atoms with Crippen molar-refractivity contribution in [2.24, 2.45) is 0 Å². The van der Waals surface area contributed by atoms with Crippen molar-refractivity contribution in [3.05, 3.63) is 44.8 Å². The van der Waals surface area contributed by atoms with Crippen molar-refractivity contribution in [3.63, 3.8) is 0 Å². The molecule has 3 heterocycles. The van der Waals surface area contributed by atoms with E-state index < -0.39 is 0 Å². The molecular weight excluding hydrogens is 336 g/mol. The van der Waals surface area contributed by atoms with E-state index >= 15 is 0 Å². The number of hydrogen-bond donors (Lipinski definition) is 2. The van der Waals surface area contributed by atoms with E-state index in [1.807, 2.05) is 19.2 Å². The zero-order valence-corrected chi connectivity index (χ0v) is 15.2. The summed E-state index contributed by atoms with van der Waals surface area (Å²) in [6, 6.07) is 3.46. The summed E-state index contributed by atoms with van der Waals surface area (Å²) in [5.74, 6) is 0.866. The number of fused-ring (bicyclic) bond motifs is 1. The molecule has 1 atom stereocenters. The first-order chi connectivity index (χ1) is 12.1. The fourth-order valence-electron chi connectivity index (χ4n) is 3.52. The van der Waals surface area contributed by atoms with Crippen molar-refractivity contribution in [1.82, 2.24) is 4.98 Å². The molecule has 0 aliphatic carbocycles. The number of quaternary nitrogens is 1. The van der Waals surface area contributed by atoms with Gasteiger partial charge in [-0.15, -0.1) is 11.3 Å². The van der Waals surface area contributed by atoms with Crippen LogP contribution >= 0.6 is 11.3 Å². The summed E-state index contributed by atoms with van der Waals surface area (Å²) in [5.41, 5.74) is 2.64. The molecule has 3 N–H and O–H groups in total. The molecule has 6 heteroatoms. The van der Waals surface area contributed by atoms with Crippen LogP contribution in [0, 0.1) is 6.92 Å². The average molecular weight is 357 g/mol. The van der Waals surface area contributed by atoms with Crippen molar-refractivity contribution in [2.75, 3.05) is 6.54 Å². The van der Waals surface area contributed by atoms with Gasteiger partial charge >= 0.3 is 0 Å². The van der Waals surface area contributed by atoms with Gasteiger partial charge in [0.2, 0.25) is 5.43 Å². The second-order valence-electron chi connectivity index (χ2n) is 6.57. The molecule has 0 unspecified atom stereocenters. The maximum absolute atomic E-state index is 13.3. The predicted molar refractivity (Wildman–Crippen MR) is 98.1 cm³/mol. The summed E-state index contributed by atoms with van der Waals surface area (Å²) in [6.45, 7) is 4.91. The van der Waals surface area contributed by atoms with E-state index in [0.717, 1.165) is 35.7 Å². The van der Waals surface area contributed by atoms with Crippen LogP contribution in [-0.4, -0.2) is 16.6 Å². The lowest BCUT2D eigenvalue weighted by atomic mass is 10.0. The first kappa shape index (κ1) is 16.3. The van der Waals surface area contributed by atoms with Crippen LogP contribution in [0.1, 0.15) is 42.8 Å². The Kier molecular flexibility index (Phi) is 4.09. The van der Waals surface area contributed by atoms with Gasteiger partial charge in [0.25, 0.3) is 0 Å². The maximum atomic E-state index is 13.3. The molecule has 1 aliphatic rings. The van der Waals surface area contributed by atoms with Crippen molar-refractivity contribution >= 4 is 22.3 Å². The number of phenols is 1. The largest absolute Gasteiger partial charge is 0.508 e. The lowest BCUT2D eigenvalue weighted by Crippen LogP contribution is -2.81. The molecule has 130 valence electrons. The van der Waals surface area contributed by atoms with Crippen molar-refractivity contribution in [3.8, 4) is 16.3 Å². The van der Waals surface area contributed by atoms with Crippen LogP contribution in [-0.2, 0) is 6.42 Å². The van der Waals surface area contributed by atoms with Crippen LogP contribution in [0.25, 0.3) is 21.5 Å². The smallest absolute Gasteiger partial charge is 0.203 e. The highest BCUT2D eigenvalue weighted by molar-refractivity contribution is 7.13. The Labute approximate surface area is 149 Å². The summed E-state index contributed by atoms with van der Waals surface area (Å²) in [5, 5.41) is 15.6. The highest BCUT2D eigenvalue weighted by Crippen LogP contribution is 2.34. The van der Waals surface area contributed by atoms with Crippen molar-refractivity contribution < 1.29 is 14.8 Å².